The highest BCUT2D eigenvalue weighted by Gasteiger charge is 2.23. The van der Waals surface area contributed by atoms with Gasteiger partial charge in [0.15, 0.2) is 0 Å². The number of benzene rings is 1. The number of nitrogens with one attached hydrogen (secondary N) is 1. The lowest BCUT2D eigenvalue weighted by atomic mass is 9.82. The smallest absolute Gasteiger partial charge is 0.335 e. The second-order valence-corrected chi connectivity index (χ2v) is 6.00. The molecule has 0 aliphatic heterocycles. The zero-order valence-electron chi connectivity index (χ0n) is 12.5. The van der Waals surface area contributed by atoms with Gasteiger partial charge in [-0.2, -0.15) is 0 Å². The van der Waals surface area contributed by atoms with Gasteiger partial charge < -0.3 is 10.4 Å². The number of carbonyl (C=O) groups is 2. The van der Waals surface area contributed by atoms with E-state index in [1.807, 2.05) is 0 Å². The van der Waals surface area contributed by atoms with Gasteiger partial charge in [-0.15, -0.1) is 0 Å². The standard InChI is InChI=1S/C17H23NO3/c1-12-2-6-14(7-3-12)16(19)18-11-10-13-4-8-15(9-5-13)17(20)21/h4-5,8-9,12,14H,2-3,6-7,10-11H2,1H3,(H,18,19)(H,20,21). The molecule has 1 amide bonds. The minimum Gasteiger partial charge on any atom is -0.478 e. The van der Waals surface area contributed by atoms with Crippen LogP contribution in [0.2, 0.25) is 0 Å². The van der Waals surface area contributed by atoms with Crippen molar-refractivity contribution in [2.45, 2.75) is 39.0 Å². The molecule has 1 aromatic carbocycles. The molecule has 0 spiro atoms. The molecule has 2 N–H and O–H groups in total. The van der Waals surface area contributed by atoms with Crippen molar-refractivity contribution < 1.29 is 14.7 Å². The van der Waals surface area contributed by atoms with Gasteiger partial charge in [-0.05, 0) is 55.7 Å². The van der Waals surface area contributed by atoms with Gasteiger partial charge in [-0.3, -0.25) is 4.79 Å². The lowest BCUT2D eigenvalue weighted by Gasteiger charge is -2.25. The average molecular weight is 289 g/mol. The van der Waals surface area contributed by atoms with Gasteiger partial charge in [-0.25, -0.2) is 4.79 Å². The highest BCUT2D eigenvalue weighted by atomic mass is 16.4. The molecule has 1 aromatic rings. The molecule has 0 heterocycles. The molecule has 0 bridgehead atoms. The summed E-state index contributed by atoms with van der Waals surface area (Å²) in [6, 6.07) is 6.81. The topological polar surface area (TPSA) is 66.4 Å². The van der Waals surface area contributed by atoms with Crippen molar-refractivity contribution in [3.63, 3.8) is 0 Å². The lowest BCUT2D eigenvalue weighted by molar-refractivity contribution is -0.126. The van der Waals surface area contributed by atoms with Gasteiger partial charge in [0.25, 0.3) is 0 Å². The molecule has 4 heteroatoms. The molecule has 114 valence electrons. The van der Waals surface area contributed by atoms with Crippen LogP contribution in [0.15, 0.2) is 24.3 Å². The Labute approximate surface area is 125 Å². The Bertz CT molecular complexity index is 487. The van der Waals surface area contributed by atoms with Gasteiger partial charge in [-0.1, -0.05) is 19.1 Å². The Balaban J connectivity index is 1.73. The first-order valence-corrected chi connectivity index (χ1v) is 7.66. The first-order chi connectivity index (χ1) is 10.1. The van der Waals surface area contributed by atoms with E-state index in [9.17, 15) is 9.59 Å². The van der Waals surface area contributed by atoms with Crippen molar-refractivity contribution in [2.24, 2.45) is 11.8 Å². The number of carbonyl (C=O) groups excluding carboxylic acids is 1. The number of aromatic carboxylic acids is 1. The predicted molar refractivity (Wildman–Crippen MR) is 81.2 cm³/mol. The first kappa shape index (κ1) is 15.5. The van der Waals surface area contributed by atoms with Crippen LogP contribution in [0.5, 0.6) is 0 Å². The van der Waals surface area contributed by atoms with Crippen LogP contribution in [0.3, 0.4) is 0 Å². The molecule has 0 atom stereocenters. The van der Waals surface area contributed by atoms with Crippen LogP contribution < -0.4 is 5.32 Å². The van der Waals surface area contributed by atoms with Crippen molar-refractivity contribution in [3.8, 4) is 0 Å². The fourth-order valence-corrected chi connectivity index (χ4v) is 2.81. The van der Waals surface area contributed by atoms with Gasteiger partial charge in [0.1, 0.15) is 0 Å². The highest BCUT2D eigenvalue weighted by molar-refractivity contribution is 5.87. The normalized spacial score (nSPS) is 21.8. The van der Waals surface area contributed by atoms with E-state index < -0.39 is 5.97 Å². The molecule has 2 rings (SSSR count). The third-order valence-corrected chi connectivity index (χ3v) is 4.30. The molecule has 1 aliphatic rings. The zero-order valence-corrected chi connectivity index (χ0v) is 12.5. The van der Waals surface area contributed by atoms with Crippen LogP contribution in [0.25, 0.3) is 0 Å². The summed E-state index contributed by atoms with van der Waals surface area (Å²) in [4.78, 5) is 22.8. The number of amides is 1. The van der Waals surface area contributed by atoms with E-state index in [1.54, 1.807) is 24.3 Å². The van der Waals surface area contributed by atoms with Crippen molar-refractivity contribution >= 4 is 11.9 Å². The van der Waals surface area contributed by atoms with E-state index in [-0.39, 0.29) is 11.8 Å². The van der Waals surface area contributed by atoms with Crippen LogP contribution in [-0.4, -0.2) is 23.5 Å². The van der Waals surface area contributed by atoms with Gasteiger partial charge in [0, 0.05) is 12.5 Å². The van der Waals surface area contributed by atoms with Gasteiger partial charge >= 0.3 is 5.97 Å². The largest absolute Gasteiger partial charge is 0.478 e. The van der Waals surface area contributed by atoms with E-state index in [4.69, 9.17) is 5.11 Å². The fraction of sp³-hybridized carbons (Fsp3) is 0.529. The monoisotopic (exact) mass is 289 g/mol. The van der Waals surface area contributed by atoms with E-state index in [0.717, 1.165) is 43.6 Å². The fourth-order valence-electron chi connectivity index (χ4n) is 2.81. The summed E-state index contributed by atoms with van der Waals surface area (Å²) in [6.07, 6.45) is 5.03. The Hall–Kier alpha value is -1.84. The Morgan fingerprint density at radius 1 is 1.14 bits per heavy atom. The molecule has 21 heavy (non-hydrogen) atoms. The summed E-state index contributed by atoms with van der Waals surface area (Å²) < 4.78 is 0. The van der Waals surface area contributed by atoms with Crippen molar-refractivity contribution in [2.75, 3.05) is 6.54 Å². The molecule has 0 saturated heterocycles. The molecule has 0 unspecified atom stereocenters. The lowest BCUT2D eigenvalue weighted by Crippen LogP contribution is -2.34. The predicted octanol–water partition coefficient (Wildman–Crippen LogP) is 2.87. The summed E-state index contributed by atoms with van der Waals surface area (Å²) >= 11 is 0. The van der Waals surface area contributed by atoms with Gasteiger partial charge in [0.2, 0.25) is 5.91 Å². The number of carboxylic acid groups (broad SMARTS) is 1. The molecule has 1 fully saturated rings. The Morgan fingerprint density at radius 3 is 2.33 bits per heavy atom. The third-order valence-electron chi connectivity index (χ3n) is 4.30. The minimum atomic E-state index is -0.915. The summed E-state index contributed by atoms with van der Waals surface area (Å²) in [5, 5.41) is 11.8. The van der Waals surface area contributed by atoms with E-state index >= 15 is 0 Å². The molecular formula is C17H23NO3. The molecular weight excluding hydrogens is 266 g/mol. The third kappa shape index (κ3) is 4.59. The summed E-state index contributed by atoms with van der Waals surface area (Å²) in [6.45, 7) is 2.85. The molecule has 4 nitrogen and oxygen atoms in total. The molecule has 0 aromatic heterocycles. The van der Waals surface area contributed by atoms with Crippen LogP contribution in [0.1, 0.15) is 48.5 Å². The van der Waals surface area contributed by atoms with Gasteiger partial charge in [0.05, 0.1) is 5.56 Å². The second kappa shape index (κ2) is 7.25. The Morgan fingerprint density at radius 2 is 1.76 bits per heavy atom. The average Bonchev–Trinajstić information content (AvgIpc) is 2.48. The maximum atomic E-state index is 12.0. The quantitative estimate of drug-likeness (QED) is 0.876. The first-order valence-electron chi connectivity index (χ1n) is 7.66. The number of carboxylic acids is 1. The second-order valence-electron chi connectivity index (χ2n) is 6.00. The summed E-state index contributed by atoms with van der Waals surface area (Å²) in [5.74, 6) is 0.183. The van der Waals surface area contributed by atoms with Crippen LogP contribution in [0, 0.1) is 11.8 Å². The summed E-state index contributed by atoms with van der Waals surface area (Å²) in [5.41, 5.74) is 1.33. The summed E-state index contributed by atoms with van der Waals surface area (Å²) in [7, 11) is 0. The molecule has 0 radical (unpaired) electrons. The number of rotatable bonds is 5. The maximum Gasteiger partial charge on any atom is 0.335 e. The SMILES string of the molecule is CC1CCC(C(=O)NCCc2ccc(C(=O)O)cc2)CC1. The van der Waals surface area contributed by atoms with E-state index in [1.165, 1.54) is 0 Å². The minimum absolute atomic E-state index is 0.170. The van der Waals surface area contributed by atoms with Crippen LogP contribution in [-0.2, 0) is 11.2 Å². The van der Waals surface area contributed by atoms with Crippen LogP contribution >= 0.6 is 0 Å². The van der Waals surface area contributed by atoms with Crippen molar-refractivity contribution in [1.29, 1.82) is 0 Å². The molecule has 1 saturated carbocycles. The number of hydrogen-bond acceptors (Lipinski definition) is 2. The molecule has 1 aliphatic carbocycles. The van der Waals surface area contributed by atoms with Crippen molar-refractivity contribution in [3.05, 3.63) is 35.4 Å². The van der Waals surface area contributed by atoms with Crippen LogP contribution in [0.4, 0.5) is 0 Å². The van der Waals surface area contributed by atoms with E-state index in [0.29, 0.717) is 12.1 Å². The zero-order chi connectivity index (χ0) is 15.2. The highest BCUT2D eigenvalue weighted by Crippen LogP contribution is 2.28. The maximum absolute atomic E-state index is 12.0. The van der Waals surface area contributed by atoms with Crippen molar-refractivity contribution in [1.82, 2.24) is 5.32 Å². The Kier molecular flexibility index (Phi) is 5.37. The number of hydrogen-bond donors (Lipinski definition) is 2. The van der Waals surface area contributed by atoms with E-state index in [2.05, 4.69) is 12.2 Å².